The van der Waals surface area contributed by atoms with Crippen molar-refractivity contribution in [2.45, 2.75) is 33.6 Å². The Morgan fingerprint density at radius 3 is 2.59 bits per heavy atom. The number of allylic oxidation sites excluding steroid dienone is 1. The Labute approximate surface area is 166 Å². The quantitative estimate of drug-likeness (QED) is 0.524. The van der Waals surface area contributed by atoms with Gasteiger partial charge in [-0.3, -0.25) is 0 Å². The smallest absolute Gasteiger partial charge is 0.203 e. The molecule has 0 atom stereocenters. The van der Waals surface area contributed by atoms with Crippen LogP contribution >= 0.6 is 12.2 Å². The van der Waals surface area contributed by atoms with Crippen molar-refractivity contribution in [3.05, 3.63) is 52.6 Å². The predicted octanol–water partition coefficient (Wildman–Crippen LogP) is 0.167. The van der Waals surface area contributed by atoms with Crippen LogP contribution in [-0.4, -0.2) is 47.6 Å². The third-order valence-corrected chi connectivity index (χ3v) is 5.76. The molecule has 1 aliphatic heterocycles. The molecule has 0 saturated carbocycles. The molecule has 1 aromatic heterocycles. The molecule has 7 heteroatoms. The molecule has 2 N–H and O–H groups in total. The first-order valence-corrected chi connectivity index (χ1v) is 9.98. The third kappa shape index (κ3) is 4.66. The first-order valence-electron chi connectivity index (χ1n) is 9.57. The highest BCUT2D eigenvalue weighted by Crippen LogP contribution is 2.18. The number of benzene rings is 1. The standard InChI is InChI=1S/C20H29N5OS/c1-5-8-24-17(3)21-25(20(24)27)15-23-11-9-22(10-12-23)14-18-13-16(2)6-7-19(18)26-4/h5-7,13H,1,8-12,14-15H2,2-4H3/p+2. The molecule has 0 spiro atoms. The van der Waals surface area contributed by atoms with Gasteiger partial charge in [-0.15, -0.1) is 6.58 Å². The van der Waals surface area contributed by atoms with Gasteiger partial charge in [0.25, 0.3) is 0 Å². The van der Waals surface area contributed by atoms with Gasteiger partial charge in [-0.2, -0.15) is 9.78 Å². The molecule has 1 aromatic carbocycles. The van der Waals surface area contributed by atoms with Crippen molar-refractivity contribution in [1.82, 2.24) is 14.3 Å². The Morgan fingerprint density at radius 2 is 1.93 bits per heavy atom. The summed E-state index contributed by atoms with van der Waals surface area (Å²) in [5, 5.41) is 4.63. The second-order valence-corrected chi connectivity index (χ2v) is 7.74. The van der Waals surface area contributed by atoms with Gasteiger partial charge in [-0.05, 0) is 38.2 Å². The molecule has 2 heterocycles. The number of nitrogens with zero attached hydrogens (tertiary/aromatic N) is 3. The summed E-state index contributed by atoms with van der Waals surface area (Å²) >= 11 is 5.58. The summed E-state index contributed by atoms with van der Waals surface area (Å²) in [6.07, 6.45) is 1.86. The van der Waals surface area contributed by atoms with E-state index in [1.54, 1.807) is 12.0 Å². The molecule has 0 radical (unpaired) electrons. The Bertz CT molecular complexity index is 849. The van der Waals surface area contributed by atoms with Gasteiger partial charge in [0.05, 0.1) is 7.11 Å². The number of ether oxygens (including phenoxy) is 1. The molecule has 1 saturated heterocycles. The van der Waals surface area contributed by atoms with Crippen molar-refractivity contribution in [2.75, 3.05) is 33.3 Å². The number of hydrogen-bond acceptors (Lipinski definition) is 3. The fraction of sp³-hybridized carbons (Fsp3) is 0.500. The van der Waals surface area contributed by atoms with Crippen LogP contribution in [-0.2, 0) is 19.8 Å². The SMILES string of the molecule is C=CCn1c(C)nn(C[NH+]2CC[NH+](Cc3cc(C)ccc3OC)CC2)c1=S. The summed E-state index contributed by atoms with van der Waals surface area (Å²) in [6, 6.07) is 6.44. The highest BCUT2D eigenvalue weighted by molar-refractivity contribution is 7.71. The van der Waals surface area contributed by atoms with E-state index in [2.05, 4.69) is 36.8 Å². The number of rotatable bonds is 7. The van der Waals surface area contributed by atoms with Crippen molar-refractivity contribution < 1.29 is 14.5 Å². The monoisotopic (exact) mass is 389 g/mol. The fourth-order valence-corrected chi connectivity index (χ4v) is 4.12. The second-order valence-electron chi connectivity index (χ2n) is 7.38. The largest absolute Gasteiger partial charge is 0.496 e. The minimum atomic E-state index is 0.719. The molecule has 146 valence electrons. The van der Waals surface area contributed by atoms with Crippen LogP contribution in [0.4, 0.5) is 0 Å². The van der Waals surface area contributed by atoms with Crippen LogP contribution in [0.3, 0.4) is 0 Å². The Kier molecular flexibility index (Phi) is 6.46. The van der Waals surface area contributed by atoms with Gasteiger partial charge in [-0.25, -0.2) is 0 Å². The van der Waals surface area contributed by atoms with E-state index in [9.17, 15) is 0 Å². The molecule has 1 fully saturated rings. The molecule has 1 aliphatic rings. The molecule has 3 rings (SSSR count). The van der Waals surface area contributed by atoms with E-state index < -0.39 is 0 Å². The summed E-state index contributed by atoms with van der Waals surface area (Å²) in [7, 11) is 1.75. The lowest BCUT2D eigenvalue weighted by Crippen LogP contribution is -3.27. The minimum Gasteiger partial charge on any atom is -0.496 e. The number of quaternary nitrogens is 2. The summed E-state index contributed by atoms with van der Waals surface area (Å²) in [4.78, 5) is 3.15. The van der Waals surface area contributed by atoms with E-state index in [0.29, 0.717) is 0 Å². The lowest BCUT2D eigenvalue weighted by Gasteiger charge is -2.29. The Hall–Kier alpha value is -1.96. The second kappa shape index (κ2) is 8.82. The molecule has 6 nitrogen and oxygen atoms in total. The molecule has 2 aromatic rings. The maximum absolute atomic E-state index is 5.58. The number of piperazine rings is 1. The first kappa shape index (κ1) is 19.8. The fourth-order valence-electron chi connectivity index (χ4n) is 3.81. The van der Waals surface area contributed by atoms with Gasteiger partial charge in [-0.1, -0.05) is 17.7 Å². The summed E-state index contributed by atoms with van der Waals surface area (Å²) in [5.41, 5.74) is 2.59. The molecular weight excluding hydrogens is 358 g/mol. The molecular formula is C20H31N5OS+2. The third-order valence-electron chi connectivity index (χ3n) is 5.33. The van der Waals surface area contributed by atoms with Crippen LogP contribution in [0, 0.1) is 18.6 Å². The predicted molar refractivity (Wildman–Crippen MR) is 109 cm³/mol. The van der Waals surface area contributed by atoms with Gasteiger partial charge in [0.15, 0.2) is 6.67 Å². The zero-order valence-corrected chi connectivity index (χ0v) is 17.4. The zero-order valence-electron chi connectivity index (χ0n) is 16.6. The van der Waals surface area contributed by atoms with Crippen LogP contribution < -0.4 is 14.5 Å². The molecule has 0 aliphatic carbocycles. The average Bonchev–Trinajstić information content (AvgIpc) is 2.91. The highest BCUT2D eigenvalue weighted by Gasteiger charge is 2.25. The van der Waals surface area contributed by atoms with E-state index in [-0.39, 0.29) is 0 Å². The van der Waals surface area contributed by atoms with Gasteiger partial charge < -0.3 is 19.1 Å². The zero-order chi connectivity index (χ0) is 19.4. The number of methoxy groups -OCH3 is 1. The lowest BCUT2D eigenvalue weighted by molar-refractivity contribution is -1.03. The van der Waals surface area contributed by atoms with Gasteiger partial charge >= 0.3 is 0 Å². The van der Waals surface area contributed by atoms with E-state index >= 15 is 0 Å². The van der Waals surface area contributed by atoms with E-state index in [1.165, 1.54) is 16.0 Å². The van der Waals surface area contributed by atoms with Crippen LogP contribution in [0.25, 0.3) is 0 Å². The highest BCUT2D eigenvalue weighted by atomic mass is 32.1. The number of hydrogen-bond donors (Lipinski definition) is 2. The van der Waals surface area contributed by atoms with Crippen molar-refractivity contribution >= 4 is 12.2 Å². The number of aryl methyl sites for hydroxylation is 2. The van der Waals surface area contributed by atoms with Gasteiger partial charge in [0.2, 0.25) is 4.77 Å². The van der Waals surface area contributed by atoms with Crippen LogP contribution in [0.1, 0.15) is 17.0 Å². The van der Waals surface area contributed by atoms with E-state index in [4.69, 9.17) is 17.0 Å². The van der Waals surface area contributed by atoms with Crippen LogP contribution in [0.5, 0.6) is 5.75 Å². The maximum atomic E-state index is 5.58. The van der Waals surface area contributed by atoms with Crippen molar-refractivity contribution in [1.29, 1.82) is 0 Å². The molecule has 0 amide bonds. The van der Waals surface area contributed by atoms with Crippen LogP contribution in [0.2, 0.25) is 0 Å². The van der Waals surface area contributed by atoms with Crippen molar-refractivity contribution in [2.24, 2.45) is 0 Å². The van der Waals surface area contributed by atoms with Gasteiger partial charge in [0.1, 0.15) is 44.3 Å². The summed E-state index contributed by atoms with van der Waals surface area (Å²) in [5.74, 6) is 1.95. The van der Waals surface area contributed by atoms with E-state index in [0.717, 1.165) is 62.3 Å². The number of nitrogens with one attached hydrogen (secondary N) is 2. The topological polar surface area (TPSA) is 40.9 Å². The molecule has 0 bridgehead atoms. The molecule has 27 heavy (non-hydrogen) atoms. The minimum absolute atomic E-state index is 0.719. The van der Waals surface area contributed by atoms with E-state index in [1.807, 2.05) is 22.2 Å². The summed E-state index contributed by atoms with van der Waals surface area (Å²) in [6.45, 7) is 15.1. The van der Waals surface area contributed by atoms with Crippen molar-refractivity contribution in [3.8, 4) is 5.75 Å². The molecule has 0 unspecified atom stereocenters. The Balaban J connectivity index is 1.58. The van der Waals surface area contributed by atoms with Crippen LogP contribution in [0.15, 0.2) is 30.9 Å². The Morgan fingerprint density at radius 1 is 1.22 bits per heavy atom. The first-order chi connectivity index (χ1) is 13.0. The maximum Gasteiger partial charge on any atom is 0.203 e. The summed E-state index contributed by atoms with van der Waals surface area (Å²) < 4.78 is 10.3. The van der Waals surface area contributed by atoms with Crippen molar-refractivity contribution in [3.63, 3.8) is 0 Å². The average molecular weight is 390 g/mol. The van der Waals surface area contributed by atoms with Gasteiger partial charge in [0, 0.05) is 12.1 Å². The number of aromatic nitrogens is 3. The normalized spacial score (nSPS) is 19.8. The lowest BCUT2D eigenvalue weighted by atomic mass is 10.1.